The van der Waals surface area contributed by atoms with Crippen molar-refractivity contribution in [3.63, 3.8) is 0 Å². The molecule has 2 aromatic carbocycles. The molecule has 29 heavy (non-hydrogen) atoms. The van der Waals surface area contributed by atoms with Crippen LogP contribution in [-0.4, -0.2) is 28.9 Å². The van der Waals surface area contributed by atoms with Gasteiger partial charge in [-0.2, -0.15) is 5.10 Å². The number of carbonyl (C=O) groups excluding carboxylic acids is 2. The topological polar surface area (TPSA) is 85.2 Å². The number of benzene rings is 2. The van der Waals surface area contributed by atoms with Crippen molar-refractivity contribution in [3.05, 3.63) is 76.9 Å². The van der Waals surface area contributed by atoms with Crippen molar-refractivity contribution in [2.45, 2.75) is 20.4 Å². The number of esters is 1. The minimum Gasteiger partial charge on any atom is -0.465 e. The van der Waals surface area contributed by atoms with E-state index in [0.717, 1.165) is 0 Å². The largest absolute Gasteiger partial charge is 0.465 e. The fourth-order valence-electron chi connectivity index (χ4n) is 2.97. The maximum Gasteiger partial charge on any atom is 0.339 e. The average Bonchev–Trinajstić information content (AvgIpc) is 2.97. The number of urea groups is 1. The maximum absolute atomic E-state index is 13.9. The van der Waals surface area contributed by atoms with Crippen LogP contribution in [0.3, 0.4) is 0 Å². The number of anilines is 2. The van der Waals surface area contributed by atoms with Gasteiger partial charge >= 0.3 is 12.0 Å². The lowest BCUT2D eigenvalue weighted by Gasteiger charge is -2.11. The summed E-state index contributed by atoms with van der Waals surface area (Å²) in [6.45, 7) is 3.79. The Bertz CT molecular complexity index is 1060. The molecule has 0 aliphatic rings. The molecule has 1 heterocycles. The highest BCUT2D eigenvalue weighted by atomic mass is 19.1. The lowest BCUT2D eigenvalue weighted by Crippen LogP contribution is -2.22. The van der Waals surface area contributed by atoms with Crippen LogP contribution in [0.2, 0.25) is 0 Å². The molecule has 0 radical (unpaired) electrons. The molecule has 0 aliphatic carbocycles. The molecule has 0 atom stereocenters. The molecule has 0 saturated carbocycles. The number of para-hydroxylation sites is 1. The monoisotopic (exact) mass is 396 g/mol. The van der Waals surface area contributed by atoms with E-state index in [4.69, 9.17) is 4.74 Å². The lowest BCUT2D eigenvalue weighted by molar-refractivity contribution is 0.0602. The van der Waals surface area contributed by atoms with Gasteiger partial charge in [-0.3, -0.25) is 4.68 Å². The first-order valence-electron chi connectivity index (χ1n) is 8.93. The van der Waals surface area contributed by atoms with E-state index < -0.39 is 12.0 Å². The number of amides is 2. The highest BCUT2D eigenvalue weighted by Crippen LogP contribution is 2.22. The highest BCUT2D eigenvalue weighted by molar-refractivity contribution is 6.05. The number of methoxy groups -OCH3 is 1. The van der Waals surface area contributed by atoms with Crippen molar-refractivity contribution in [1.82, 2.24) is 9.78 Å². The number of hydrogen-bond donors (Lipinski definition) is 2. The van der Waals surface area contributed by atoms with Crippen molar-refractivity contribution < 1.29 is 18.7 Å². The molecule has 0 saturated heterocycles. The third-order valence-corrected chi connectivity index (χ3v) is 4.48. The molecule has 3 rings (SSSR count). The zero-order chi connectivity index (χ0) is 21.0. The van der Waals surface area contributed by atoms with Gasteiger partial charge in [-0.05, 0) is 32.0 Å². The van der Waals surface area contributed by atoms with Gasteiger partial charge in [0.1, 0.15) is 5.82 Å². The lowest BCUT2D eigenvalue weighted by atomic mass is 10.2. The van der Waals surface area contributed by atoms with E-state index in [1.54, 1.807) is 61.0 Å². The number of carbonyl (C=O) groups is 2. The highest BCUT2D eigenvalue weighted by Gasteiger charge is 2.17. The summed E-state index contributed by atoms with van der Waals surface area (Å²) in [4.78, 5) is 24.3. The average molecular weight is 396 g/mol. The first kappa shape index (κ1) is 20.1. The second-order valence-electron chi connectivity index (χ2n) is 6.41. The fourth-order valence-corrected chi connectivity index (χ4v) is 2.97. The Labute approximate surface area is 167 Å². The number of aromatic nitrogens is 2. The van der Waals surface area contributed by atoms with Gasteiger partial charge in [-0.15, -0.1) is 0 Å². The molecule has 3 aromatic rings. The van der Waals surface area contributed by atoms with Crippen molar-refractivity contribution in [2.24, 2.45) is 0 Å². The van der Waals surface area contributed by atoms with Crippen LogP contribution in [0.1, 0.15) is 27.3 Å². The Morgan fingerprint density at radius 1 is 1.07 bits per heavy atom. The Hall–Kier alpha value is -3.68. The van der Waals surface area contributed by atoms with Crippen molar-refractivity contribution in [1.29, 1.82) is 0 Å². The predicted octanol–water partition coefficient (Wildman–Crippen LogP) is 4.12. The van der Waals surface area contributed by atoms with Crippen LogP contribution < -0.4 is 10.6 Å². The molecule has 8 heteroatoms. The van der Waals surface area contributed by atoms with E-state index in [1.165, 1.54) is 13.2 Å². The molecule has 0 bridgehead atoms. The number of aryl methyl sites for hydroxylation is 1. The summed E-state index contributed by atoms with van der Waals surface area (Å²) >= 11 is 0. The van der Waals surface area contributed by atoms with Gasteiger partial charge in [0.15, 0.2) is 0 Å². The summed E-state index contributed by atoms with van der Waals surface area (Å²) < 4.78 is 20.3. The van der Waals surface area contributed by atoms with Crippen LogP contribution in [0.4, 0.5) is 20.6 Å². The molecule has 7 nitrogen and oxygen atoms in total. The Balaban J connectivity index is 1.78. The molecular formula is C21H21FN4O3. The van der Waals surface area contributed by atoms with Crippen LogP contribution in [0.15, 0.2) is 48.5 Å². The summed E-state index contributed by atoms with van der Waals surface area (Å²) in [6, 6.07) is 12.5. The van der Waals surface area contributed by atoms with Crippen molar-refractivity contribution >= 4 is 23.4 Å². The fraction of sp³-hybridized carbons (Fsp3) is 0.190. The summed E-state index contributed by atoms with van der Waals surface area (Å²) in [5.74, 6) is -0.863. The summed E-state index contributed by atoms with van der Waals surface area (Å²) in [5.41, 5.74) is 2.87. The zero-order valence-corrected chi connectivity index (χ0v) is 16.3. The second-order valence-corrected chi connectivity index (χ2v) is 6.41. The van der Waals surface area contributed by atoms with Gasteiger partial charge in [0.25, 0.3) is 0 Å². The van der Waals surface area contributed by atoms with E-state index in [0.29, 0.717) is 28.3 Å². The molecular weight excluding hydrogens is 375 g/mol. The van der Waals surface area contributed by atoms with Gasteiger partial charge in [0, 0.05) is 5.56 Å². The SMILES string of the molecule is COC(=O)c1ccccc1NC(=O)Nc1c(C)nn(Cc2ccccc2F)c1C. The van der Waals surface area contributed by atoms with E-state index in [2.05, 4.69) is 15.7 Å². The number of ether oxygens (including phenoxy) is 1. The third-order valence-electron chi connectivity index (χ3n) is 4.48. The Morgan fingerprint density at radius 2 is 1.76 bits per heavy atom. The standard InChI is InChI=1S/C21H21FN4O3/c1-13-19(14(2)26(25-13)12-15-8-4-6-10-17(15)22)24-21(28)23-18-11-7-5-9-16(18)20(27)29-3/h4-11H,12H2,1-3H3,(H2,23,24,28). The molecule has 0 unspecified atom stereocenters. The van der Waals surface area contributed by atoms with Gasteiger partial charge in [-0.1, -0.05) is 30.3 Å². The quantitative estimate of drug-likeness (QED) is 0.636. The van der Waals surface area contributed by atoms with Crippen LogP contribution in [-0.2, 0) is 11.3 Å². The van der Waals surface area contributed by atoms with Gasteiger partial charge in [0.2, 0.25) is 0 Å². The summed E-state index contributed by atoms with van der Waals surface area (Å²) in [7, 11) is 1.27. The number of nitrogens with one attached hydrogen (secondary N) is 2. The maximum atomic E-state index is 13.9. The predicted molar refractivity (Wildman–Crippen MR) is 108 cm³/mol. The minimum atomic E-state index is -0.550. The normalized spacial score (nSPS) is 10.5. The van der Waals surface area contributed by atoms with E-state index >= 15 is 0 Å². The van der Waals surface area contributed by atoms with Crippen LogP contribution >= 0.6 is 0 Å². The molecule has 0 aliphatic heterocycles. The number of halogens is 1. The van der Waals surface area contributed by atoms with Crippen molar-refractivity contribution in [3.8, 4) is 0 Å². The van der Waals surface area contributed by atoms with Gasteiger partial charge in [-0.25, -0.2) is 14.0 Å². The molecule has 150 valence electrons. The molecule has 1 aromatic heterocycles. The first-order chi connectivity index (χ1) is 13.9. The van der Waals surface area contributed by atoms with Crippen molar-refractivity contribution in [2.75, 3.05) is 17.7 Å². The van der Waals surface area contributed by atoms with E-state index in [-0.39, 0.29) is 17.9 Å². The van der Waals surface area contributed by atoms with Gasteiger partial charge in [0.05, 0.1) is 42.0 Å². The molecule has 0 spiro atoms. The van der Waals surface area contributed by atoms with Crippen LogP contribution in [0, 0.1) is 19.7 Å². The summed E-state index contributed by atoms with van der Waals surface area (Å²) in [5, 5.41) is 9.80. The number of nitrogens with zero attached hydrogens (tertiary/aromatic N) is 2. The van der Waals surface area contributed by atoms with Crippen LogP contribution in [0.25, 0.3) is 0 Å². The molecule has 2 N–H and O–H groups in total. The minimum absolute atomic E-state index is 0.244. The zero-order valence-electron chi connectivity index (χ0n) is 16.3. The number of hydrogen-bond acceptors (Lipinski definition) is 4. The Kier molecular flexibility index (Phi) is 5.92. The smallest absolute Gasteiger partial charge is 0.339 e. The number of rotatable bonds is 5. The van der Waals surface area contributed by atoms with Crippen LogP contribution in [0.5, 0.6) is 0 Å². The molecule has 2 amide bonds. The second kappa shape index (κ2) is 8.55. The van der Waals surface area contributed by atoms with E-state index in [1.807, 2.05) is 0 Å². The Morgan fingerprint density at radius 3 is 2.48 bits per heavy atom. The van der Waals surface area contributed by atoms with Gasteiger partial charge < -0.3 is 15.4 Å². The molecule has 0 fully saturated rings. The van der Waals surface area contributed by atoms with E-state index in [9.17, 15) is 14.0 Å². The third kappa shape index (κ3) is 4.43. The summed E-state index contributed by atoms with van der Waals surface area (Å²) in [6.07, 6.45) is 0. The first-order valence-corrected chi connectivity index (χ1v) is 8.93.